The Labute approximate surface area is 55.9 Å². The second kappa shape index (κ2) is 4.06. The Morgan fingerprint density at radius 2 is 1.67 bits per heavy atom. The lowest BCUT2D eigenvalue weighted by molar-refractivity contribution is 0.0891. The summed E-state index contributed by atoms with van der Waals surface area (Å²) in [6, 6.07) is 0. The first-order valence-corrected chi connectivity index (χ1v) is 2.67. The highest BCUT2D eigenvalue weighted by molar-refractivity contribution is 4.79. The molecule has 0 aliphatic rings. The molecule has 54 valence electrons. The first-order chi connectivity index (χ1) is 4.20. The first kappa shape index (κ1) is 8.14. The third-order valence-electron chi connectivity index (χ3n) is 0.766. The zero-order valence-corrected chi connectivity index (χ0v) is 6.34. The average molecular weight is 131 g/mol. The Bertz CT molecular complexity index is 93.2. The van der Waals surface area contributed by atoms with Crippen molar-refractivity contribution >= 4 is 0 Å². The van der Waals surface area contributed by atoms with Gasteiger partial charge in [-0.2, -0.15) is 0 Å². The minimum absolute atomic E-state index is 0.514. The molecule has 0 aromatic rings. The van der Waals surface area contributed by atoms with E-state index < -0.39 is 0 Å². The fourth-order valence-electron chi connectivity index (χ4n) is 0.400. The Balaban J connectivity index is 3.75. The summed E-state index contributed by atoms with van der Waals surface area (Å²) in [5, 5.41) is 0. The van der Waals surface area contributed by atoms with E-state index in [0.717, 1.165) is 0 Å². The number of ether oxygens (including phenoxy) is 2. The zero-order chi connectivity index (χ0) is 7.28. The molecule has 0 aromatic heterocycles. The lowest BCUT2D eigenvalue weighted by atomic mass is 10.8. The number of rotatable bonds is 3. The van der Waals surface area contributed by atoms with Crippen LogP contribution in [0.2, 0.25) is 0 Å². The van der Waals surface area contributed by atoms with E-state index in [1.807, 2.05) is 19.0 Å². The summed E-state index contributed by atoms with van der Waals surface area (Å²) in [4.78, 5) is 1.85. The maximum Gasteiger partial charge on any atom is 0.295 e. The molecule has 0 unspecified atom stereocenters. The smallest absolute Gasteiger partial charge is 0.295 e. The van der Waals surface area contributed by atoms with E-state index in [1.165, 1.54) is 0 Å². The summed E-state index contributed by atoms with van der Waals surface area (Å²) in [5.74, 6) is 0.514. The van der Waals surface area contributed by atoms with Crippen LogP contribution in [0.3, 0.4) is 0 Å². The highest BCUT2D eigenvalue weighted by atomic mass is 16.7. The SMILES string of the molecule is COC(=CN(C)C)OC. The molecule has 9 heavy (non-hydrogen) atoms. The summed E-state index contributed by atoms with van der Waals surface area (Å²) in [6.45, 7) is 0. The first-order valence-electron chi connectivity index (χ1n) is 2.67. The van der Waals surface area contributed by atoms with Crippen LogP contribution in [-0.4, -0.2) is 33.2 Å². The molecule has 0 radical (unpaired) electrons. The Morgan fingerprint density at radius 3 is 1.78 bits per heavy atom. The molecule has 0 rings (SSSR count). The predicted octanol–water partition coefficient (Wildman–Crippen LogP) is 0.640. The van der Waals surface area contributed by atoms with Crippen LogP contribution in [0.4, 0.5) is 0 Å². The van der Waals surface area contributed by atoms with Gasteiger partial charge in [-0.15, -0.1) is 0 Å². The largest absolute Gasteiger partial charge is 0.468 e. The number of methoxy groups -OCH3 is 2. The molecule has 0 spiro atoms. The second-order valence-corrected chi connectivity index (χ2v) is 1.82. The molecule has 0 aliphatic heterocycles. The summed E-state index contributed by atoms with van der Waals surface area (Å²) in [7, 11) is 6.94. The third-order valence-corrected chi connectivity index (χ3v) is 0.766. The molecule has 0 atom stereocenters. The van der Waals surface area contributed by atoms with E-state index >= 15 is 0 Å². The van der Waals surface area contributed by atoms with Crippen molar-refractivity contribution < 1.29 is 9.47 Å². The third kappa shape index (κ3) is 3.70. The van der Waals surface area contributed by atoms with Crippen LogP contribution in [0.5, 0.6) is 0 Å². The summed E-state index contributed by atoms with van der Waals surface area (Å²) in [6.07, 6.45) is 1.75. The maximum absolute atomic E-state index is 4.81. The topological polar surface area (TPSA) is 21.7 Å². The summed E-state index contributed by atoms with van der Waals surface area (Å²) >= 11 is 0. The van der Waals surface area contributed by atoms with E-state index in [9.17, 15) is 0 Å². The predicted molar refractivity (Wildman–Crippen MR) is 35.8 cm³/mol. The van der Waals surface area contributed by atoms with Gasteiger partial charge >= 0.3 is 0 Å². The van der Waals surface area contributed by atoms with Crippen LogP contribution < -0.4 is 0 Å². The molecule has 3 heteroatoms. The standard InChI is InChI=1S/C6H13NO2/c1-7(2)5-6(8-3)9-4/h5H,1-4H3. The van der Waals surface area contributed by atoms with Crippen LogP contribution in [-0.2, 0) is 9.47 Å². The van der Waals surface area contributed by atoms with Crippen molar-refractivity contribution in [1.82, 2.24) is 4.90 Å². The van der Waals surface area contributed by atoms with Crippen molar-refractivity contribution in [1.29, 1.82) is 0 Å². The van der Waals surface area contributed by atoms with Gasteiger partial charge in [-0.1, -0.05) is 0 Å². The van der Waals surface area contributed by atoms with Crippen LogP contribution >= 0.6 is 0 Å². The molecule has 0 aromatic carbocycles. The number of hydrogen-bond donors (Lipinski definition) is 0. The normalized spacial score (nSPS) is 8.00. The van der Waals surface area contributed by atoms with E-state index in [1.54, 1.807) is 20.4 Å². The van der Waals surface area contributed by atoms with E-state index in [0.29, 0.717) is 5.95 Å². The van der Waals surface area contributed by atoms with Crippen LogP contribution in [0.1, 0.15) is 0 Å². The molecule has 0 bridgehead atoms. The summed E-state index contributed by atoms with van der Waals surface area (Å²) in [5.41, 5.74) is 0. The Kier molecular flexibility index (Phi) is 3.67. The van der Waals surface area contributed by atoms with E-state index in [-0.39, 0.29) is 0 Å². The minimum atomic E-state index is 0.514. The zero-order valence-electron chi connectivity index (χ0n) is 6.34. The highest BCUT2D eigenvalue weighted by Crippen LogP contribution is 1.94. The van der Waals surface area contributed by atoms with Gasteiger partial charge in [0.25, 0.3) is 5.95 Å². The van der Waals surface area contributed by atoms with Crippen LogP contribution in [0, 0.1) is 0 Å². The van der Waals surface area contributed by atoms with Crippen molar-refractivity contribution in [3.8, 4) is 0 Å². The van der Waals surface area contributed by atoms with Crippen molar-refractivity contribution in [3.63, 3.8) is 0 Å². The van der Waals surface area contributed by atoms with Crippen molar-refractivity contribution in [2.75, 3.05) is 28.3 Å². The van der Waals surface area contributed by atoms with Crippen LogP contribution in [0.15, 0.2) is 12.1 Å². The molecule has 3 nitrogen and oxygen atoms in total. The van der Waals surface area contributed by atoms with E-state index in [4.69, 9.17) is 9.47 Å². The van der Waals surface area contributed by atoms with Crippen molar-refractivity contribution in [2.45, 2.75) is 0 Å². The van der Waals surface area contributed by atoms with Crippen molar-refractivity contribution in [2.24, 2.45) is 0 Å². The van der Waals surface area contributed by atoms with Gasteiger partial charge in [-0.25, -0.2) is 0 Å². The molecular formula is C6H13NO2. The molecule has 0 aliphatic carbocycles. The van der Waals surface area contributed by atoms with Gasteiger partial charge in [0.05, 0.1) is 20.4 Å². The lowest BCUT2D eigenvalue weighted by Gasteiger charge is -2.08. The van der Waals surface area contributed by atoms with Gasteiger partial charge in [-0.3, -0.25) is 0 Å². The average Bonchev–Trinajstić information content (AvgIpc) is 1.82. The van der Waals surface area contributed by atoms with Gasteiger partial charge < -0.3 is 14.4 Å². The van der Waals surface area contributed by atoms with Gasteiger partial charge in [-0.05, 0) is 0 Å². The number of hydrogen-bond acceptors (Lipinski definition) is 3. The van der Waals surface area contributed by atoms with Gasteiger partial charge in [0.1, 0.15) is 0 Å². The summed E-state index contributed by atoms with van der Waals surface area (Å²) < 4.78 is 9.62. The quantitative estimate of drug-likeness (QED) is 0.525. The van der Waals surface area contributed by atoms with E-state index in [2.05, 4.69) is 0 Å². The van der Waals surface area contributed by atoms with Crippen LogP contribution in [0.25, 0.3) is 0 Å². The van der Waals surface area contributed by atoms with Gasteiger partial charge in [0.2, 0.25) is 0 Å². The van der Waals surface area contributed by atoms with Crippen molar-refractivity contribution in [3.05, 3.63) is 12.1 Å². The molecule has 0 fully saturated rings. The molecule has 0 saturated heterocycles. The molecule has 0 heterocycles. The number of nitrogens with zero attached hydrogens (tertiary/aromatic N) is 1. The molecule has 0 saturated carbocycles. The molecule has 0 amide bonds. The fourth-order valence-corrected chi connectivity index (χ4v) is 0.400. The fraction of sp³-hybridized carbons (Fsp3) is 0.667. The second-order valence-electron chi connectivity index (χ2n) is 1.82. The van der Waals surface area contributed by atoms with Gasteiger partial charge in [0, 0.05) is 14.1 Å². The van der Waals surface area contributed by atoms with Gasteiger partial charge in [0.15, 0.2) is 0 Å². The lowest BCUT2D eigenvalue weighted by Crippen LogP contribution is -2.04. The monoisotopic (exact) mass is 131 g/mol. The highest BCUT2D eigenvalue weighted by Gasteiger charge is 1.90. The maximum atomic E-state index is 4.81. The Hall–Kier alpha value is -0.860. The molecular weight excluding hydrogens is 118 g/mol. The minimum Gasteiger partial charge on any atom is -0.468 e. The Morgan fingerprint density at radius 1 is 1.22 bits per heavy atom. The molecule has 0 N–H and O–H groups in total.